The number of aryl methyl sites for hydroxylation is 1. The second-order valence-electron chi connectivity index (χ2n) is 6.46. The fourth-order valence-electron chi connectivity index (χ4n) is 2.89. The molecular formula is C20H23N3O2. The van der Waals surface area contributed by atoms with Gasteiger partial charge in [0.25, 0.3) is 5.91 Å². The van der Waals surface area contributed by atoms with Gasteiger partial charge in [0.05, 0.1) is 5.56 Å². The maximum absolute atomic E-state index is 12.2. The third-order valence-electron chi connectivity index (χ3n) is 4.35. The minimum atomic E-state index is -0.258. The number of carbonyl (C=O) groups is 1. The lowest BCUT2D eigenvalue weighted by Crippen LogP contribution is -2.25. The van der Waals surface area contributed by atoms with E-state index in [9.17, 15) is 9.90 Å². The molecule has 25 heavy (non-hydrogen) atoms. The van der Waals surface area contributed by atoms with Crippen molar-refractivity contribution < 1.29 is 9.90 Å². The molecule has 0 unspecified atom stereocenters. The maximum atomic E-state index is 12.2. The van der Waals surface area contributed by atoms with Crippen LogP contribution < -0.4 is 10.2 Å². The zero-order chi connectivity index (χ0) is 18.0. The fraction of sp³-hybridized carbons (Fsp3) is 0.250. The second kappa shape index (κ2) is 6.89. The van der Waals surface area contributed by atoms with Crippen molar-refractivity contribution >= 4 is 22.5 Å². The Morgan fingerprint density at radius 2 is 2.00 bits per heavy atom. The number of aromatic hydroxyl groups is 1. The van der Waals surface area contributed by atoms with Crippen LogP contribution in [-0.4, -0.2) is 36.6 Å². The average molecular weight is 337 g/mol. The van der Waals surface area contributed by atoms with Crippen LogP contribution in [0.2, 0.25) is 0 Å². The topological polar surface area (TPSA) is 68.4 Å². The van der Waals surface area contributed by atoms with Gasteiger partial charge in [-0.15, -0.1) is 0 Å². The first-order valence-electron chi connectivity index (χ1n) is 8.31. The van der Waals surface area contributed by atoms with Gasteiger partial charge in [0.15, 0.2) is 0 Å². The third kappa shape index (κ3) is 3.60. The summed E-state index contributed by atoms with van der Waals surface area (Å²) in [5, 5.41) is 13.9. The van der Waals surface area contributed by atoms with Gasteiger partial charge in [-0.25, -0.2) is 0 Å². The number of phenols is 1. The van der Waals surface area contributed by atoms with E-state index in [1.165, 1.54) is 5.39 Å². The molecule has 0 radical (unpaired) electrons. The van der Waals surface area contributed by atoms with Gasteiger partial charge < -0.3 is 20.3 Å². The first-order chi connectivity index (χ1) is 12.0. The Morgan fingerprint density at radius 3 is 2.72 bits per heavy atom. The summed E-state index contributed by atoms with van der Waals surface area (Å²) in [4.78, 5) is 17.6. The number of nitrogens with zero attached hydrogens (tertiary/aromatic N) is 1. The van der Waals surface area contributed by atoms with Crippen LogP contribution in [0, 0.1) is 6.92 Å². The fourth-order valence-corrected chi connectivity index (χ4v) is 2.89. The van der Waals surface area contributed by atoms with E-state index in [2.05, 4.69) is 33.4 Å². The minimum Gasteiger partial charge on any atom is -0.507 e. The lowest BCUT2D eigenvalue weighted by Gasteiger charge is -2.12. The zero-order valence-electron chi connectivity index (χ0n) is 14.8. The Morgan fingerprint density at radius 1 is 1.20 bits per heavy atom. The van der Waals surface area contributed by atoms with Crippen molar-refractivity contribution in [2.45, 2.75) is 13.3 Å². The van der Waals surface area contributed by atoms with E-state index in [4.69, 9.17) is 0 Å². The highest BCUT2D eigenvalue weighted by molar-refractivity contribution is 5.97. The second-order valence-corrected chi connectivity index (χ2v) is 6.46. The first-order valence-corrected chi connectivity index (χ1v) is 8.31. The number of aromatic amines is 1. The molecule has 3 aromatic rings. The number of anilines is 1. The number of phenolic OH excluding ortho intramolecular Hbond substituents is 1. The largest absolute Gasteiger partial charge is 0.507 e. The summed E-state index contributed by atoms with van der Waals surface area (Å²) >= 11 is 0. The number of aromatic nitrogens is 1. The molecule has 1 heterocycles. The number of amides is 1. The summed E-state index contributed by atoms with van der Waals surface area (Å²) in [6.45, 7) is 2.38. The molecule has 0 spiro atoms. The van der Waals surface area contributed by atoms with Crippen molar-refractivity contribution in [3.8, 4) is 5.75 Å². The van der Waals surface area contributed by atoms with Crippen LogP contribution in [0.25, 0.3) is 10.9 Å². The molecule has 0 aliphatic carbocycles. The lowest BCUT2D eigenvalue weighted by molar-refractivity contribution is 0.0951. The van der Waals surface area contributed by atoms with Crippen LogP contribution in [0.1, 0.15) is 21.5 Å². The molecule has 3 rings (SSSR count). The molecule has 5 nitrogen and oxygen atoms in total. The number of carbonyl (C=O) groups excluding carboxylic acids is 1. The standard InChI is InChI=1S/C20H23N3O2/c1-13-4-6-16(19(24)10-13)20(25)21-9-8-14-12-22-18-7-5-15(23(2)3)11-17(14)18/h4-7,10-12,22,24H,8-9H2,1-3H3,(H,21,25). The summed E-state index contributed by atoms with van der Waals surface area (Å²) in [6.07, 6.45) is 2.70. The van der Waals surface area contributed by atoms with E-state index >= 15 is 0 Å². The van der Waals surface area contributed by atoms with Crippen LogP contribution in [0.15, 0.2) is 42.6 Å². The molecule has 2 aromatic carbocycles. The van der Waals surface area contributed by atoms with E-state index < -0.39 is 0 Å². The number of fused-ring (bicyclic) bond motifs is 1. The normalized spacial score (nSPS) is 10.8. The molecular weight excluding hydrogens is 314 g/mol. The average Bonchev–Trinajstić information content (AvgIpc) is 2.97. The monoisotopic (exact) mass is 337 g/mol. The van der Waals surface area contributed by atoms with Gasteiger partial charge in [0.2, 0.25) is 0 Å². The molecule has 0 bridgehead atoms. The lowest BCUT2D eigenvalue weighted by atomic mass is 10.1. The highest BCUT2D eigenvalue weighted by Gasteiger charge is 2.11. The van der Waals surface area contributed by atoms with Crippen molar-refractivity contribution in [1.82, 2.24) is 10.3 Å². The Labute approximate surface area is 147 Å². The molecule has 3 N–H and O–H groups in total. The molecule has 0 aliphatic heterocycles. The van der Waals surface area contributed by atoms with Crippen LogP contribution >= 0.6 is 0 Å². The third-order valence-corrected chi connectivity index (χ3v) is 4.35. The van der Waals surface area contributed by atoms with E-state index in [-0.39, 0.29) is 11.7 Å². The first kappa shape index (κ1) is 16.9. The van der Waals surface area contributed by atoms with E-state index in [0.717, 1.165) is 28.8 Å². The van der Waals surface area contributed by atoms with E-state index in [0.29, 0.717) is 12.1 Å². The number of benzene rings is 2. The van der Waals surface area contributed by atoms with E-state index in [1.54, 1.807) is 12.1 Å². The van der Waals surface area contributed by atoms with Gasteiger partial charge >= 0.3 is 0 Å². The van der Waals surface area contributed by atoms with Crippen LogP contribution in [-0.2, 0) is 6.42 Å². The SMILES string of the molecule is Cc1ccc(C(=O)NCCc2c[nH]c3ccc(N(C)C)cc23)c(O)c1. The number of nitrogens with one attached hydrogen (secondary N) is 2. The van der Waals surface area contributed by atoms with Gasteiger partial charge in [0, 0.05) is 43.4 Å². The molecule has 1 aromatic heterocycles. The minimum absolute atomic E-state index is 0.0141. The van der Waals surface area contributed by atoms with Gasteiger partial charge in [-0.1, -0.05) is 6.07 Å². The molecule has 0 aliphatic rings. The smallest absolute Gasteiger partial charge is 0.255 e. The summed E-state index contributed by atoms with van der Waals surface area (Å²) in [5.41, 5.74) is 4.61. The molecule has 0 saturated heterocycles. The van der Waals surface area contributed by atoms with Crippen LogP contribution in [0.3, 0.4) is 0 Å². The maximum Gasteiger partial charge on any atom is 0.255 e. The zero-order valence-corrected chi connectivity index (χ0v) is 14.8. The number of hydrogen-bond acceptors (Lipinski definition) is 3. The quantitative estimate of drug-likeness (QED) is 0.669. The van der Waals surface area contributed by atoms with Crippen molar-refractivity contribution in [2.75, 3.05) is 25.5 Å². The summed E-state index contributed by atoms with van der Waals surface area (Å²) in [6, 6.07) is 11.3. The highest BCUT2D eigenvalue weighted by atomic mass is 16.3. The Bertz CT molecular complexity index is 912. The van der Waals surface area contributed by atoms with Gasteiger partial charge in [-0.3, -0.25) is 4.79 Å². The highest BCUT2D eigenvalue weighted by Crippen LogP contribution is 2.24. The van der Waals surface area contributed by atoms with Gasteiger partial charge in [-0.05, 0) is 54.8 Å². The Kier molecular flexibility index (Phi) is 4.65. The van der Waals surface area contributed by atoms with Crippen molar-refractivity contribution in [3.05, 3.63) is 59.3 Å². The van der Waals surface area contributed by atoms with Gasteiger partial charge in [0.1, 0.15) is 5.75 Å². The number of rotatable bonds is 5. The molecule has 1 amide bonds. The summed E-state index contributed by atoms with van der Waals surface area (Å²) in [5.74, 6) is -0.244. The van der Waals surface area contributed by atoms with Crippen molar-refractivity contribution in [3.63, 3.8) is 0 Å². The van der Waals surface area contributed by atoms with E-state index in [1.807, 2.05) is 33.3 Å². The predicted molar refractivity (Wildman–Crippen MR) is 102 cm³/mol. The number of H-pyrrole nitrogens is 1. The molecule has 0 fully saturated rings. The Balaban J connectivity index is 1.68. The van der Waals surface area contributed by atoms with Crippen molar-refractivity contribution in [1.29, 1.82) is 0 Å². The van der Waals surface area contributed by atoms with Crippen molar-refractivity contribution in [2.24, 2.45) is 0 Å². The number of hydrogen-bond donors (Lipinski definition) is 3. The van der Waals surface area contributed by atoms with Crippen LogP contribution in [0.5, 0.6) is 5.75 Å². The van der Waals surface area contributed by atoms with Crippen LogP contribution in [0.4, 0.5) is 5.69 Å². The predicted octanol–water partition coefficient (Wildman–Crippen LogP) is 3.22. The Hall–Kier alpha value is -2.95. The summed E-state index contributed by atoms with van der Waals surface area (Å²) in [7, 11) is 4.03. The summed E-state index contributed by atoms with van der Waals surface area (Å²) < 4.78 is 0. The molecule has 0 atom stereocenters. The van der Waals surface area contributed by atoms with Gasteiger partial charge in [-0.2, -0.15) is 0 Å². The molecule has 0 saturated carbocycles. The molecule has 5 heteroatoms. The molecule has 130 valence electrons.